The lowest BCUT2D eigenvalue weighted by molar-refractivity contribution is -0.135. The third-order valence-corrected chi connectivity index (χ3v) is 5.82. The van der Waals surface area contributed by atoms with Crippen LogP contribution in [-0.4, -0.2) is 54.9 Å². The smallest absolute Gasteiger partial charge is 0.254 e. The molecule has 5 nitrogen and oxygen atoms in total. The maximum atomic E-state index is 12.8. The van der Waals surface area contributed by atoms with Gasteiger partial charge in [-0.3, -0.25) is 9.59 Å². The van der Waals surface area contributed by atoms with E-state index in [9.17, 15) is 9.59 Å². The number of halogens is 1. The fourth-order valence-electron chi connectivity index (χ4n) is 3.78. The van der Waals surface area contributed by atoms with Crippen LogP contribution < -0.4 is 4.74 Å². The lowest BCUT2D eigenvalue weighted by Crippen LogP contribution is -2.44. The fraction of sp³-hybridized carbons (Fsp3) is 0.417. The van der Waals surface area contributed by atoms with E-state index in [1.54, 1.807) is 17.0 Å². The minimum absolute atomic E-state index is 0.0234. The molecule has 30 heavy (non-hydrogen) atoms. The molecule has 2 amide bonds. The SMILES string of the molecule is Cc1ccccc1C(=O)N1CCC(C(=O)N(C)CCCOc2cccc(Cl)c2)CC1. The van der Waals surface area contributed by atoms with E-state index in [-0.39, 0.29) is 17.7 Å². The second-order valence-corrected chi connectivity index (χ2v) is 8.24. The average molecular weight is 429 g/mol. The molecule has 0 bridgehead atoms. The van der Waals surface area contributed by atoms with Crippen LogP contribution in [0.3, 0.4) is 0 Å². The first kappa shape index (κ1) is 22.2. The first-order valence-corrected chi connectivity index (χ1v) is 10.8. The van der Waals surface area contributed by atoms with Crippen molar-refractivity contribution < 1.29 is 14.3 Å². The number of nitrogens with zero attached hydrogens (tertiary/aromatic N) is 2. The Morgan fingerprint density at radius 1 is 1.13 bits per heavy atom. The number of ether oxygens (including phenoxy) is 1. The van der Waals surface area contributed by atoms with E-state index >= 15 is 0 Å². The lowest BCUT2D eigenvalue weighted by atomic mass is 9.94. The summed E-state index contributed by atoms with van der Waals surface area (Å²) in [5.74, 6) is 0.929. The van der Waals surface area contributed by atoms with Crippen molar-refractivity contribution in [1.82, 2.24) is 9.80 Å². The van der Waals surface area contributed by atoms with E-state index in [2.05, 4.69) is 0 Å². The topological polar surface area (TPSA) is 49.9 Å². The number of piperidine rings is 1. The number of rotatable bonds is 7. The molecule has 1 aliphatic rings. The van der Waals surface area contributed by atoms with E-state index in [4.69, 9.17) is 16.3 Å². The van der Waals surface area contributed by atoms with E-state index in [0.717, 1.165) is 23.3 Å². The van der Waals surface area contributed by atoms with Crippen molar-refractivity contribution in [1.29, 1.82) is 0 Å². The molecule has 160 valence electrons. The standard InChI is InChI=1S/C24H29ClN2O3/c1-18-7-3-4-10-22(18)24(29)27-14-11-19(12-15-27)23(28)26(2)13-6-16-30-21-9-5-8-20(25)17-21/h3-5,7-10,17,19H,6,11-16H2,1-2H3. The Balaban J connectivity index is 1.41. The zero-order valence-corrected chi connectivity index (χ0v) is 18.4. The summed E-state index contributed by atoms with van der Waals surface area (Å²) >= 11 is 5.95. The molecule has 1 fully saturated rings. The highest BCUT2D eigenvalue weighted by Gasteiger charge is 2.29. The molecule has 0 saturated carbocycles. The number of carbonyl (C=O) groups excluding carboxylic acids is 2. The molecule has 2 aromatic carbocycles. The predicted molar refractivity (Wildman–Crippen MR) is 119 cm³/mol. The number of benzene rings is 2. The summed E-state index contributed by atoms with van der Waals surface area (Å²) in [5, 5.41) is 0.645. The summed E-state index contributed by atoms with van der Waals surface area (Å²) in [6, 6.07) is 15.0. The van der Waals surface area contributed by atoms with Gasteiger partial charge in [0, 0.05) is 43.2 Å². The third kappa shape index (κ3) is 5.76. The molecule has 0 N–H and O–H groups in total. The number of amides is 2. The van der Waals surface area contributed by atoms with Crippen LogP contribution in [0.5, 0.6) is 5.75 Å². The Morgan fingerprint density at radius 2 is 1.87 bits per heavy atom. The highest BCUT2D eigenvalue weighted by Crippen LogP contribution is 2.22. The Hall–Kier alpha value is -2.53. The maximum absolute atomic E-state index is 12.8. The van der Waals surface area contributed by atoms with E-state index in [1.807, 2.05) is 55.3 Å². The van der Waals surface area contributed by atoms with Gasteiger partial charge in [0.2, 0.25) is 5.91 Å². The Labute approximate surface area is 183 Å². The van der Waals surface area contributed by atoms with Gasteiger partial charge in [-0.2, -0.15) is 0 Å². The van der Waals surface area contributed by atoms with Gasteiger partial charge in [-0.1, -0.05) is 35.9 Å². The molecule has 6 heteroatoms. The van der Waals surface area contributed by atoms with Crippen molar-refractivity contribution in [3.8, 4) is 5.75 Å². The summed E-state index contributed by atoms with van der Waals surface area (Å²) in [6.45, 7) is 4.36. The monoisotopic (exact) mass is 428 g/mol. The zero-order chi connectivity index (χ0) is 21.5. The number of aryl methyl sites for hydroxylation is 1. The fourth-order valence-corrected chi connectivity index (χ4v) is 3.96. The van der Waals surface area contributed by atoms with Crippen molar-refractivity contribution >= 4 is 23.4 Å². The summed E-state index contributed by atoms with van der Waals surface area (Å²) in [6.07, 6.45) is 2.17. The van der Waals surface area contributed by atoms with Gasteiger partial charge < -0.3 is 14.5 Å². The molecule has 1 saturated heterocycles. The number of likely N-dealkylation sites (tertiary alicyclic amines) is 1. The van der Waals surface area contributed by atoms with E-state index in [1.165, 1.54) is 0 Å². The molecule has 0 radical (unpaired) electrons. The molecule has 0 aromatic heterocycles. The highest BCUT2D eigenvalue weighted by atomic mass is 35.5. The molecule has 1 aliphatic heterocycles. The van der Waals surface area contributed by atoms with Gasteiger partial charge in [-0.25, -0.2) is 0 Å². The second-order valence-electron chi connectivity index (χ2n) is 7.80. The van der Waals surface area contributed by atoms with Crippen LogP contribution in [0.1, 0.15) is 35.2 Å². The van der Waals surface area contributed by atoms with Crippen molar-refractivity contribution in [3.05, 3.63) is 64.7 Å². The van der Waals surface area contributed by atoms with Crippen LogP contribution in [-0.2, 0) is 4.79 Å². The second kappa shape index (κ2) is 10.5. The van der Waals surface area contributed by atoms with Crippen LogP contribution in [0.4, 0.5) is 0 Å². The molecule has 0 aliphatic carbocycles. The van der Waals surface area contributed by atoms with Crippen molar-refractivity contribution in [3.63, 3.8) is 0 Å². The summed E-state index contributed by atoms with van der Waals surface area (Å²) < 4.78 is 5.69. The normalized spacial score (nSPS) is 14.4. The first-order valence-electron chi connectivity index (χ1n) is 10.4. The number of hydrogen-bond donors (Lipinski definition) is 0. The van der Waals surface area contributed by atoms with Crippen LogP contribution in [0.15, 0.2) is 48.5 Å². The van der Waals surface area contributed by atoms with Gasteiger partial charge in [0.05, 0.1) is 6.61 Å². The van der Waals surface area contributed by atoms with E-state index < -0.39 is 0 Å². The van der Waals surface area contributed by atoms with Gasteiger partial charge in [0.15, 0.2) is 0 Å². The van der Waals surface area contributed by atoms with Gasteiger partial charge in [-0.15, -0.1) is 0 Å². The summed E-state index contributed by atoms with van der Waals surface area (Å²) in [7, 11) is 1.84. The highest BCUT2D eigenvalue weighted by molar-refractivity contribution is 6.30. The summed E-state index contributed by atoms with van der Waals surface area (Å²) in [5.41, 5.74) is 1.74. The Kier molecular flexibility index (Phi) is 7.75. The third-order valence-electron chi connectivity index (χ3n) is 5.59. The number of carbonyl (C=O) groups is 2. The van der Waals surface area contributed by atoms with Gasteiger partial charge in [0.25, 0.3) is 5.91 Å². The van der Waals surface area contributed by atoms with Crippen LogP contribution in [0.2, 0.25) is 5.02 Å². The largest absolute Gasteiger partial charge is 0.493 e. The Bertz CT molecular complexity index is 878. The minimum Gasteiger partial charge on any atom is -0.493 e. The van der Waals surface area contributed by atoms with Crippen molar-refractivity contribution in [2.45, 2.75) is 26.2 Å². The quantitative estimate of drug-likeness (QED) is 0.613. The average Bonchev–Trinajstić information content (AvgIpc) is 2.76. The Morgan fingerprint density at radius 3 is 2.57 bits per heavy atom. The van der Waals surface area contributed by atoms with Crippen molar-refractivity contribution in [2.24, 2.45) is 5.92 Å². The van der Waals surface area contributed by atoms with Gasteiger partial charge in [-0.05, 0) is 56.0 Å². The molecular formula is C24H29ClN2O3. The van der Waals surface area contributed by atoms with Gasteiger partial charge >= 0.3 is 0 Å². The van der Waals surface area contributed by atoms with Crippen molar-refractivity contribution in [2.75, 3.05) is 33.3 Å². The molecule has 1 heterocycles. The molecule has 2 aromatic rings. The maximum Gasteiger partial charge on any atom is 0.254 e. The molecular weight excluding hydrogens is 400 g/mol. The zero-order valence-electron chi connectivity index (χ0n) is 17.6. The van der Waals surface area contributed by atoms with Crippen LogP contribution in [0, 0.1) is 12.8 Å². The summed E-state index contributed by atoms with van der Waals surface area (Å²) in [4.78, 5) is 29.2. The van der Waals surface area contributed by atoms with Crippen LogP contribution >= 0.6 is 11.6 Å². The van der Waals surface area contributed by atoms with Gasteiger partial charge in [0.1, 0.15) is 5.75 Å². The molecule has 0 spiro atoms. The first-order chi connectivity index (χ1) is 14.5. The minimum atomic E-state index is -0.0234. The molecule has 0 unspecified atom stereocenters. The predicted octanol–water partition coefficient (Wildman–Crippen LogP) is 4.43. The molecule has 0 atom stereocenters. The molecule has 3 rings (SSSR count). The lowest BCUT2D eigenvalue weighted by Gasteiger charge is -2.33. The van der Waals surface area contributed by atoms with Crippen LogP contribution in [0.25, 0.3) is 0 Å². The number of hydrogen-bond acceptors (Lipinski definition) is 3. The van der Waals surface area contributed by atoms with E-state index in [0.29, 0.717) is 44.1 Å².